The number of hydrogen-bond donors (Lipinski definition) is 2. The Bertz CT molecular complexity index is 876. The number of carboxylic acids is 1. The molecule has 1 fully saturated rings. The lowest BCUT2D eigenvalue weighted by atomic mass is 9.81. The van der Waals surface area contributed by atoms with Gasteiger partial charge in [-0.15, -0.1) is 0 Å². The van der Waals surface area contributed by atoms with Gasteiger partial charge in [0.1, 0.15) is 29.4 Å². The molecule has 29 heavy (non-hydrogen) atoms. The standard InChI is InChI=1S/C22H26N2O5/c1-14-11-12-24(14)22(23,17(13-25)21(26)27)16-9-7-15(8-10-16)20-18(28-2)5-4-6-19(20)29-3/h4-10,13-14,17H,11-12,23H2,1-3H3,(H,26,27)/t14-,17?,22+/m1/s1. The van der Waals surface area contributed by atoms with Gasteiger partial charge in [0.2, 0.25) is 0 Å². The number of aldehydes is 1. The van der Waals surface area contributed by atoms with Gasteiger partial charge < -0.3 is 25.1 Å². The fourth-order valence-electron chi connectivity index (χ4n) is 3.98. The number of benzene rings is 2. The van der Waals surface area contributed by atoms with E-state index in [1.165, 1.54) is 0 Å². The first-order valence-corrected chi connectivity index (χ1v) is 9.44. The van der Waals surface area contributed by atoms with Gasteiger partial charge in [0, 0.05) is 12.6 Å². The number of nitrogens with zero attached hydrogens (tertiary/aromatic N) is 1. The van der Waals surface area contributed by atoms with Gasteiger partial charge in [-0.1, -0.05) is 30.3 Å². The van der Waals surface area contributed by atoms with Gasteiger partial charge in [-0.3, -0.25) is 9.69 Å². The smallest absolute Gasteiger partial charge is 0.317 e. The van der Waals surface area contributed by atoms with E-state index in [9.17, 15) is 14.7 Å². The first kappa shape index (κ1) is 20.8. The third-order valence-corrected chi connectivity index (χ3v) is 5.74. The third-order valence-electron chi connectivity index (χ3n) is 5.74. The highest BCUT2D eigenvalue weighted by molar-refractivity contribution is 5.88. The highest BCUT2D eigenvalue weighted by Gasteiger charge is 2.50. The van der Waals surface area contributed by atoms with Crippen LogP contribution in [0.2, 0.25) is 0 Å². The molecule has 0 bridgehead atoms. The minimum atomic E-state index is -1.42. The van der Waals surface area contributed by atoms with Crippen molar-refractivity contribution in [3.8, 4) is 22.6 Å². The number of methoxy groups -OCH3 is 2. The van der Waals surface area contributed by atoms with Gasteiger partial charge >= 0.3 is 5.97 Å². The molecule has 1 aliphatic rings. The van der Waals surface area contributed by atoms with Crippen LogP contribution in [0, 0.1) is 5.92 Å². The van der Waals surface area contributed by atoms with Gasteiger partial charge in [-0.2, -0.15) is 0 Å². The number of hydrogen-bond acceptors (Lipinski definition) is 6. The van der Waals surface area contributed by atoms with Gasteiger partial charge in [0.15, 0.2) is 0 Å². The van der Waals surface area contributed by atoms with Crippen LogP contribution in [0.25, 0.3) is 11.1 Å². The zero-order chi connectivity index (χ0) is 21.2. The van der Waals surface area contributed by atoms with Crippen molar-refractivity contribution in [2.24, 2.45) is 11.7 Å². The SMILES string of the molecule is COc1cccc(OC)c1-c1ccc([C@@](N)(C(C=O)C(=O)O)N2CC[C@H]2C)cc1. The molecule has 1 saturated heterocycles. The number of aliphatic carboxylic acids is 1. The third kappa shape index (κ3) is 3.47. The van der Waals surface area contributed by atoms with Gasteiger partial charge in [-0.25, -0.2) is 0 Å². The molecule has 1 heterocycles. The Morgan fingerprint density at radius 2 is 1.79 bits per heavy atom. The van der Waals surface area contributed by atoms with Gasteiger partial charge in [-0.05, 0) is 36.6 Å². The molecule has 0 radical (unpaired) electrons. The lowest BCUT2D eigenvalue weighted by molar-refractivity contribution is -0.155. The summed E-state index contributed by atoms with van der Waals surface area (Å²) in [6.07, 6.45) is 1.32. The lowest BCUT2D eigenvalue weighted by Crippen LogP contribution is -2.67. The van der Waals surface area contributed by atoms with Crippen LogP contribution in [0.3, 0.4) is 0 Å². The van der Waals surface area contributed by atoms with Crippen molar-refractivity contribution in [1.82, 2.24) is 4.90 Å². The number of carbonyl (C=O) groups is 2. The fraction of sp³-hybridized carbons (Fsp3) is 0.364. The van der Waals surface area contributed by atoms with E-state index >= 15 is 0 Å². The first-order chi connectivity index (χ1) is 13.9. The molecule has 7 nitrogen and oxygen atoms in total. The molecule has 3 N–H and O–H groups in total. The summed E-state index contributed by atoms with van der Waals surface area (Å²) in [7, 11) is 3.18. The summed E-state index contributed by atoms with van der Waals surface area (Å²) in [5, 5.41) is 9.62. The number of carboxylic acid groups (broad SMARTS) is 1. The highest BCUT2D eigenvalue weighted by Crippen LogP contribution is 2.41. The Morgan fingerprint density at radius 1 is 1.21 bits per heavy atom. The predicted octanol–water partition coefficient (Wildman–Crippen LogP) is 2.48. The second-order valence-electron chi connectivity index (χ2n) is 7.22. The Kier molecular flexibility index (Phi) is 5.91. The molecular weight excluding hydrogens is 372 g/mol. The molecule has 2 aromatic rings. The molecule has 2 aromatic carbocycles. The van der Waals surface area contributed by atoms with E-state index in [1.54, 1.807) is 26.4 Å². The summed E-state index contributed by atoms with van der Waals surface area (Å²) in [5.41, 5.74) is 7.40. The molecule has 0 aromatic heterocycles. The minimum absolute atomic E-state index is 0.0933. The molecule has 0 spiro atoms. The van der Waals surface area contributed by atoms with Crippen LogP contribution in [0.5, 0.6) is 11.5 Å². The average Bonchev–Trinajstić information content (AvgIpc) is 2.72. The number of nitrogens with two attached hydrogens (primary N) is 1. The number of likely N-dealkylation sites (tertiary alicyclic amines) is 1. The van der Waals surface area contributed by atoms with Crippen molar-refractivity contribution in [2.45, 2.75) is 25.0 Å². The molecule has 1 aliphatic heterocycles. The van der Waals surface area contributed by atoms with E-state index in [1.807, 2.05) is 42.2 Å². The maximum absolute atomic E-state index is 11.8. The van der Waals surface area contributed by atoms with Crippen molar-refractivity contribution in [3.63, 3.8) is 0 Å². The quantitative estimate of drug-likeness (QED) is 0.520. The van der Waals surface area contributed by atoms with Crippen molar-refractivity contribution >= 4 is 12.3 Å². The van der Waals surface area contributed by atoms with E-state index in [4.69, 9.17) is 15.2 Å². The molecule has 3 rings (SSSR count). The van der Waals surface area contributed by atoms with Crippen LogP contribution in [-0.4, -0.2) is 49.1 Å². The largest absolute Gasteiger partial charge is 0.496 e. The number of rotatable bonds is 8. The normalized spacial score (nSPS) is 19.5. The summed E-state index contributed by atoms with van der Waals surface area (Å²) in [6, 6.07) is 12.8. The summed E-state index contributed by atoms with van der Waals surface area (Å²) in [6.45, 7) is 2.61. The molecule has 3 atom stereocenters. The first-order valence-electron chi connectivity index (χ1n) is 9.44. The second-order valence-corrected chi connectivity index (χ2v) is 7.22. The molecule has 7 heteroatoms. The molecule has 0 saturated carbocycles. The van der Waals surface area contributed by atoms with Crippen LogP contribution >= 0.6 is 0 Å². The summed E-state index contributed by atoms with van der Waals surface area (Å²) in [4.78, 5) is 25.3. The molecule has 0 aliphatic carbocycles. The molecule has 154 valence electrons. The predicted molar refractivity (Wildman–Crippen MR) is 109 cm³/mol. The van der Waals surface area contributed by atoms with Crippen LogP contribution in [0.4, 0.5) is 0 Å². The van der Waals surface area contributed by atoms with Crippen LogP contribution in [0.1, 0.15) is 18.9 Å². The topological polar surface area (TPSA) is 102 Å². The number of carbonyl (C=O) groups excluding carboxylic acids is 1. The van der Waals surface area contributed by atoms with E-state index in [0.29, 0.717) is 29.9 Å². The van der Waals surface area contributed by atoms with Crippen molar-refractivity contribution < 1.29 is 24.2 Å². The van der Waals surface area contributed by atoms with Crippen LogP contribution < -0.4 is 15.2 Å². The Labute approximate surface area is 170 Å². The maximum atomic E-state index is 11.8. The summed E-state index contributed by atoms with van der Waals surface area (Å²) >= 11 is 0. The van der Waals surface area contributed by atoms with Crippen LogP contribution in [0.15, 0.2) is 42.5 Å². The summed E-state index contributed by atoms with van der Waals surface area (Å²) < 4.78 is 10.9. The molecular formula is C22H26N2O5. The average molecular weight is 398 g/mol. The highest BCUT2D eigenvalue weighted by atomic mass is 16.5. The Balaban J connectivity index is 2.08. The summed E-state index contributed by atoms with van der Waals surface area (Å²) in [5.74, 6) is -1.30. The van der Waals surface area contributed by atoms with E-state index in [-0.39, 0.29) is 6.04 Å². The Hall–Kier alpha value is -2.90. The van der Waals surface area contributed by atoms with Crippen molar-refractivity contribution in [1.29, 1.82) is 0 Å². The van der Waals surface area contributed by atoms with E-state index in [2.05, 4.69) is 0 Å². The minimum Gasteiger partial charge on any atom is -0.496 e. The number of ether oxygens (including phenoxy) is 2. The fourth-order valence-corrected chi connectivity index (χ4v) is 3.98. The Morgan fingerprint density at radius 3 is 2.17 bits per heavy atom. The van der Waals surface area contributed by atoms with Gasteiger partial charge in [0.25, 0.3) is 0 Å². The van der Waals surface area contributed by atoms with Crippen LogP contribution in [-0.2, 0) is 15.3 Å². The monoisotopic (exact) mass is 398 g/mol. The molecule has 1 unspecified atom stereocenters. The van der Waals surface area contributed by atoms with E-state index in [0.717, 1.165) is 17.5 Å². The zero-order valence-electron chi connectivity index (χ0n) is 16.8. The van der Waals surface area contributed by atoms with Gasteiger partial charge in [0.05, 0.1) is 19.8 Å². The second kappa shape index (κ2) is 8.23. The van der Waals surface area contributed by atoms with Crippen molar-refractivity contribution in [3.05, 3.63) is 48.0 Å². The van der Waals surface area contributed by atoms with E-state index < -0.39 is 17.6 Å². The molecule has 0 amide bonds. The lowest BCUT2D eigenvalue weighted by Gasteiger charge is -2.52. The maximum Gasteiger partial charge on any atom is 0.317 e. The zero-order valence-corrected chi connectivity index (χ0v) is 16.8. The van der Waals surface area contributed by atoms with Crippen molar-refractivity contribution in [2.75, 3.05) is 20.8 Å².